The summed E-state index contributed by atoms with van der Waals surface area (Å²) in [5, 5.41) is 10.7. The number of carbonyl (C=O) groups excluding carboxylic acids is 2. The van der Waals surface area contributed by atoms with Crippen LogP contribution in [0, 0.1) is 5.82 Å². The summed E-state index contributed by atoms with van der Waals surface area (Å²) in [5.41, 5.74) is 0.0803. The first-order chi connectivity index (χ1) is 11.6. The van der Waals surface area contributed by atoms with Crippen LogP contribution in [0.15, 0.2) is 32.9 Å². The lowest BCUT2D eigenvalue weighted by molar-refractivity contribution is -0.118. The van der Waals surface area contributed by atoms with Crippen molar-refractivity contribution in [1.82, 2.24) is 15.5 Å². The van der Waals surface area contributed by atoms with Crippen LogP contribution >= 0.6 is 34.9 Å². The molecule has 0 fully saturated rings. The SMILES string of the molecule is CCCNC(=O)CSc1nnc(SCC(=O)c2ccccc2F)s1. The molecule has 1 N–H and O–H groups in total. The first kappa shape index (κ1) is 18.9. The van der Waals surface area contributed by atoms with E-state index in [1.54, 1.807) is 12.1 Å². The Morgan fingerprint density at radius 2 is 1.83 bits per heavy atom. The summed E-state index contributed by atoms with van der Waals surface area (Å²) in [7, 11) is 0. The van der Waals surface area contributed by atoms with Crippen molar-refractivity contribution in [2.24, 2.45) is 0 Å². The topological polar surface area (TPSA) is 72.0 Å². The van der Waals surface area contributed by atoms with E-state index in [2.05, 4.69) is 15.5 Å². The molecule has 2 aromatic rings. The zero-order valence-corrected chi connectivity index (χ0v) is 15.4. The molecular formula is C15H16FN3O2S3. The van der Waals surface area contributed by atoms with E-state index in [1.165, 1.54) is 47.0 Å². The molecule has 24 heavy (non-hydrogen) atoms. The van der Waals surface area contributed by atoms with Crippen molar-refractivity contribution < 1.29 is 14.0 Å². The van der Waals surface area contributed by atoms with Crippen LogP contribution in [-0.2, 0) is 4.79 Å². The molecule has 0 bridgehead atoms. The fraction of sp³-hybridized carbons (Fsp3) is 0.333. The average Bonchev–Trinajstić information content (AvgIpc) is 3.04. The largest absolute Gasteiger partial charge is 0.355 e. The van der Waals surface area contributed by atoms with Gasteiger partial charge >= 0.3 is 0 Å². The molecule has 9 heteroatoms. The summed E-state index contributed by atoms with van der Waals surface area (Å²) < 4.78 is 14.8. The van der Waals surface area contributed by atoms with Gasteiger partial charge in [-0.05, 0) is 18.6 Å². The molecule has 1 aromatic carbocycles. The maximum atomic E-state index is 13.5. The summed E-state index contributed by atoms with van der Waals surface area (Å²) in [5.74, 6) is -0.470. The number of benzene rings is 1. The van der Waals surface area contributed by atoms with E-state index in [0.717, 1.165) is 6.42 Å². The summed E-state index contributed by atoms with van der Waals surface area (Å²) >= 11 is 3.84. The highest BCUT2D eigenvalue weighted by Gasteiger charge is 2.14. The predicted molar refractivity (Wildman–Crippen MR) is 95.4 cm³/mol. The van der Waals surface area contributed by atoms with Crippen LogP contribution in [0.25, 0.3) is 0 Å². The molecule has 0 spiro atoms. The van der Waals surface area contributed by atoms with Crippen LogP contribution in [0.3, 0.4) is 0 Å². The molecule has 0 saturated heterocycles. The van der Waals surface area contributed by atoms with Crippen molar-refractivity contribution in [3.63, 3.8) is 0 Å². The number of amides is 1. The highest BCUT2D eigenvalue weighted by molar-refractivity contribution is 8.03. The highest BCUT2D eigenvalue weighted by Crippen LogP contribution is 2.29. The predicted octanol–water partition coefficient (Wildman–Crippen LogP) is 3.27. The molecule has 1 aromatic heterocycles. The molecule has 0 aliphatic rings. The quantitative estimate of drug-likeness (QED) is 0.528. The summed E-state index contributed by atoms with van der Waals surface area (Å²) in [6.45, 7) is 2.65. The Morgan fingerprint density at radius 1 is 1.17 bits per heavy atom. The highest BCUT2D eigenvalue weighted by atomic mass is 32.2. The lowest BCUT2D eigenvalue weighted by Crippen LogP contribution is -2.25. The van der Waals surface area contributed by atoms with Crippen molar-refractivity contribution in [1.29, 1.82) is 0 Å². The Morgan fingerprint density at radius 3 is 2.50 bits per heavy atom. The van der Waals surface area contributed by atoms with Gasteiger partial charge in [0.1, 0.15) is 5.82 Å². The Labute approximate surface area is 151 Å². The van der Waals surface area contributed by atoms with E-state index in [-0.39, 0.29) is 28.8 Å². The van der Waals surface area contributed by atoms with Crippen LogP contribution in [-0.4, -0.2) is 39.9 Å². The van der Waals surface area contributed by atoms with Gasteiger partial charge in [0.2, 0.25) is 5.91 Å². The first-order valence-corrected chi connectivity index (χ1v) is 10.0. The van der Waals surface area contributed by atoms with Crippen LogP contribution in [0.2, 0.25) is 0 Å². The Hall–Kier alpha value is -1.45. The van der Waals surface area contributed by atoms with E-state index in [4.69, 9.17) is 0 Å². The number of Topliss-reactive ketones (excluding diaryl/α,β-unsaturated/α-hetero) is 1. The second kappa shape index (κ2) is 9.75. The maximum absolute atomic E-state index is 13.5. The number of aromatic nitrogens is 2. The Kier molecular flexibility index (Phi) is 7.67. The molecular weight excluding hydrogens is 369 g/mol. The average molecular weight is 386 g/mol. The zero-order valence-electron chi connectivity index (χ0n) is 13.0. The van der Waals surface area contributed by atoms with Crippen molar-refractivity contribution in [3.8, 4) is 0 Å². The zero-order chi connectivity index (χ0) is 17.4. The fourth-order valence-corrected chi connectivity index (χ4v) is 4.38. The number of thioether (sulfide) groups is 2. The van der Waals surface area contributed by atoms with E-state index >= 15 is 0 Å². The van der Waals surface area contributed by atoms with Gasteiger partial charge in [-0.3, -0.25) is 9.59 Å². The third-order valence-corrected chi connectivity index (χ3v) is 5.98. The van der Waals surface area contributed by atoms with Gasteiger partial charge in [0.15, 0.2) is 14.5 Å². The monoisotopic (exact) mass is 385 g/mol. The summed E-state index contributed by atoms with van der Waals surface area (Å²) in [6.07, 6.45) is 0.895. The van der Waals surface area contributed by atoms with Crippen LogP contribution in [0.5, 0.6) is 0 Å². The van der Waals surface area contributed by atoms with Gasteiger partial charge < -0.3 is 5.32 Å². The van der Waals surface area contributed by atoms with Crippen LogP contribution in [0.1, 0.15) is 23.7 Å². The molecule has 5 nitrogen and oxygen atoms in total. The number of ketones is 1. The number of hydrogen-bond donors (Lipinski definition) is 1. The third-order valence-electron chi connectivity index (χ3n) is 2.79. The van der Waals surface area contributed by atoms with E-state index in [1.807, 2.05) is 6.92 Å². The standard InChI is InChI=1S/C15H16FN3O2S3/c1-2-7-17-13(21)9-23-15-19-18-14(24-15)22-8-12(20)10-5-3-4-6-11(10)16/h3-6H,2,7-9H2,1H3,(H,17,21). The maximum Gasteiger partial charge on any atom is 0.230 e. The molecule has 0 aliphatic carbocycles. The van der Waals surface area contributed by atoms with E-state index < -0.39 is 5.82 Å². The van der Waals surface area contributed by atoms with Gasteiger partial charge in [-0.1, -0.05) is 53.9 Å². The minimum atomic E-state index is -0.519. The second-order valence-electron chi connectivity index (χ2n) is 4.66. The summed E-state index contributed by atoms with van der Waals surface area (Å²) in [6, 6.07) is 5.91. The van der Waals surface area contributed by atoms with Crippen LogP contribution < -0.4 is 5.32 Å². The lowest BCUT2D eigenvalue weighted by Gasteiger charge is -2.00. The normalized spacial score (nSPS) is 10.6. The Balaban J connectivity index is 1.80. The molecule has 0 unspecified atom stereocenters. The number of carbonyl (C=O) groups is 2. The molecule has 128 valence electrons. The number of nitrogens with zero attached hydrogens (tertiary/aromatic N) is 2. The van der Waals surface area contributed by atoms with E-state index in [0.29, 0.717) is 15.2 Å². The van der Waals surface area contributed by atoms with Crippen molar-refractivity contribution >= 4 is 46.6 Å². The minimum Gasteiger partial charge on any atom is -0.355 e. The van der Waals surface area contributed by atoms with Gasteiger partial charge in [0, 0.05) is 6.54 Å². The molecule has 0 saturated carbocycles. The molecule has 0 atom stereocenters. The Bertz CT molecular complexity index is 709. The third kappa shape index (κ3) is 5.88. The molecule has 1 amide bonds. The number of hydrogen-bond acceptors (Lipinski definition) is 7. The molecule has 2 rings (SSSR count). The van der Waals surface area contributed by atoms with Crippen LogP contribution in [0.4, 0.5) is 4.39 Å². The molecule has 1 heterocycles. The van der Waals surface area contributed by atoms with Gasteiger partial charge in [0.05, 0.1) is 17.1 Å². The molecule has 0 aliphatic heterocycles. The summed E-state index contributed by atoms with van der Waals surface area (Å²) in [4.78, 5) is 23.5. The number of halogens is 1. The van der Waals surface area contributed by atoms with Crippen molar-refractivity contribution in [2.75, 3.05) is 18.1 Å². The molecule has 0 radical (unpaired) electrons. The van der Waals surface area contributed by atoms with Gasteiger partial charge in [0.25, 0.3) is 0 Å². The minimum absolute atomic E-state index is 0.0408. The fourth-order valence-electron chi connectivity index (χ4n) is 1.65. The number of nitrogens with one attached hydrogen (secondary N) is 1. The van der Waals surface area contributed by atoms with Gasteiger partial charge in [-0.2, -0.15) is 0 Å². The van der Waals surface area contributed by atoms with Crippen molar-refractivity contribution in [3.05, 3.63) is 35.6 Å². The number of rotatable bonds is 9. The van der Waals surface area contributed by atoms with Crippen molar-refractivity contribution in [2.45, 2.75) is 22.0 Å². The van der Waals surface area contributed by atoms with E-state index in [9.17, 15) is 14.0 Å². The smallest absolute Gasteiger partial charge is 0.230 e. The van der Waals surface area contributed by atoms with Gasteiger partial charge in [-0.15, -0.1) is 10.2 Å². The second-order valence-corrected chi connectivity index (χ2v) is 8.09. The lowest BCUT2D eigenvalue weighted by atomic mass is 10.1. The van der Waals surface area contributed by atoms with Gasteiger partial charge in [-0.25, -0.2) is 4.39 Å². The first-order valence-electron chi connectivity index (χ1n) is 7.23.